The lowest BCUT2D eigenvalue weighted by molar-refractivity contribution is 0.0948. The fraction of sp³-hybridized carbons (Fsp3) is 0.179. The molecule has 4 aromatic rings. The van der Waals surface area contributed by atoms with Crippen molar-refractivity contribution in [1.82, 2.24) is 15.6 Å². The molecule has 0 fully saturated rings. The van der Waals surface area contributed by atoms with Gasteiger partial charge in [0.25, 0.3) is 11.8 Å². The number of fused-ring (bicyclic) bond motifs is 1. The number of para-hydroxylation sites is 1. The molecule has 1 aromatic heterocycles. The highest BCUT2D eigenvalue weighted by Crippen LogP contribution is 2.32. The number of aromatic nitrogens is 1. The molecule has 1 heterocycles. The molecule has 7 nitrogen and oxygen atoms in total. The topological polar surface area (TPSA) is 109 Å². The zero-order valence-electron chi connectivity index (χ0n) is 19.7. The SMILES string of the molecule is CNC(=O)c1cnc2ccc(-c3ccc(C(=O)NCCCCN)cc3)cc2c1Nc1ccccc1. The molecule has 0 saturated heterocycles. The van der Waals surface area contributed by atoms with Crippen LogP contribution in [0.5, 0.6) is 0 Å². The lowest BCUT2D eigenvalue weighted by Gasteiger charge is -2.15. The minimum atomic E-state index is -0.218. The first-order valence-corrected chi connectivity index (χ1v) is 11.7. The number of carbonyl (C=O) groups is 2. The third kappa shape index (κ3) is 5.65. The van der Waals surface area contributed by atoms with Gasteiger partial charge < -0.3 is 21.7 Å². The summed E-state index contributed by atoms with van der Waals surface area (Å²) < 4.78 is 0. The molecule has 7 heteroatoms. The number of rotatable bonds is 9. The quantitative estimate of drug-likeness (QED) is 0.272. The zero-order valence-corrected chi connectivity index (χ0v) is 19.7. The van der Waals surface area contributed by atoms with Gasteiger partial charge >= 0.3 is 0 Å². The van der Waals surface area contributed by atoms with E-state index in [2.05, 4.69) is 20.9 Å². The van der Waals surface area contributed by atoms with E-state index in [1.807, 2.05) is 72.8 Å². The summed E-state index contributed by atoms with van der Waals surface area (Å²) in [6.07, 6.45) is 3.34. The van der Waals surface area contributed by atoms with Crippen molar-refractivity contribution in [2.45, 2.75) is 12.8 Å². The molecule has 0 saturated carbocycles. The second kappa shape index (κ2) is 11.3. The van der Waals surface area contributed by atoms with Crippen LogP contribution in [0, 0.1) is 0 Å². The number of pyridine rings is 1. The van der Waals surface area contributed by atoms with Gasteiger partial charge in [0.1, 0.15) is 0 Å². The lowest BCUT2D eigenvalue weighted by atomic mass is 9.99. The van der Waals surface area contributed by atoms with E-state index in [0.717, 1.165) is 40.6 Å². The van der Waals surface area contributed by atoms with Gasteiger partial charge in [-0.25, -0.2) is 0 Å². The number of carbonyl (C=O) groups excluding carboxylic acids is 2. The molecule has 0 bridgehead atoms. The summed E-state index contributed by atoms with van der Waals surface area (Å²) in [5.41, 5.74) is 10.8. The molecule has 0 atom stereocenters. The van der Waals surface area contributed by atoms with Crippen molar-refractivity contribution in [2.75, 3.05) is 25.5 Å². The van der Waals surface area contributed by atoms with Gasteiger partial charge in [-0.2, -0.15) is 0 Å². The molecule has 0 unspecified atom stereocenters. The first kappa shape index (κ1) is 23.9. The number of unbranched alkanes of at least 4 members (excludes halogenated alkanes) is 1. The van der Waals surface area contributed by atoms with Gasteiger partial charge in [0.05, 0.1) is 16.8 Å². The molecule has 3 aromatic carbocycles. The highest BCUT2D eigenvalue weighted by atomic mass is 16.2. The molecule has 0 radical (unpaired) electrons. The van der Waals surface area contributed by atoms with Crippen LogP contribution in [0.2, 0.25) is 0 Å². The van der Waals surface area contributed by atoms with Crippen molar-refractivity contribution in [3.8, 4) is 11.1 Å². The van der Waals surface area contributed by atoms with Crippen molar-refractivity contribution >= 4 is 34.1 Å². The average Bonchev–Trinajstić information content (AvgIpc) is 2.91. The van der Waals surface area contributed by atoms with E-state index in [1.165, 1.54) is 0 Å². The highest BCUT2D eigenvalue weighted by Gasteiger charge is 2.16. The summed E-state index contributed by atoms with van der Waals surface area (Å²) in [6.45, 7) is 1.24. The second-order valence-electron chi connectivity index (χ2n) is 8.18. The van der Waals surface area contributed by atoms with Gasteiger partial charge in [0, 0.05) is 36.4 Å². The van der Waals surface area contributed by atoms with Crippen LogP contribution in [0.4, 0.5) is 11.4 Å². The summed E-state index contributed by atoms with van der Waals surface area (Å²) in [5.74, 6) is -0.314. The van der Waals surface area contributed by atoms with Crippen LogP contribution in [-0.2, 0) is 0 Å². The Kier molecular flexibility index (Phi) is 7.70. The Hall–Kier alpha value is -4.23. The molecule has 0 spiro atoms. The summed E-state index contributed by atoms with van der Waals surface area (Å²) in [7, 11) is 1.60. The van der Waals surface area contributed by atoms with Crippen LogP contribution in [0.1, 0.15) is 33.6 Å². The van der Waals surface area contributed by atoms with Crippen LogP contribution in [0.15, 0.2) is 79.0 Å². The van der Waals surface area contributed by atoms with Crippen LogP contribution >= 0.6 is 0 Å². The average molecular weight is 468 g/mol. The van der Waals surface area contributed by atoms with Crippen molar-refractivity contribution in [3.05, 3.63) is 90.1 Å². The Bertz CT molecular complexity index is 1320. The summed E-state index contributed by atoms with van der Waals surface area (Å²) in [6, 6.07) is 23.1. The van der Waals surface area contributed by atoms with Crippen LogP contribution < -0.4 is 21.7 Å². The van der Waals surface area contributed by atoms with E-state index in [-0.39, 0.29) is 11.8 Å². The van der Waals surface area contributed by atoms with Crippen molar-refractivity contribution in [1.29, 1.82) is 0 Å². The van der Waals surface area contributed by atoms with Gasteiger partial charge in [0.15, 0.2) is 0 Å². The molecular formula is C28H29N5O2. The number of amides is 2. The van der Waals surface area contributed by atoms with Gasteiger partial charge in [-0.1, -0.05) is 36.4 Å². The zero-order chi connectivity index (χ0) is 24.6. The number of hydrogen-bond acceptors (Lipinski definition) is 5. The van der Waals surface area contributed by atoms with Gasteiger partial charge in [-0.15, -0.1) is 0 Å². The maximum absolute atomic E-state index is 12.6. The maximum atomic E-state index is 12.6. The maximum Gasteiger partial charge on any atom is 0.254 e. The molecule has 0 aliphatic heterocycles. The monoisotopic (exact) mass is 467 g/mol. The van der Waals surface area contributed by atoms with Crippen LogP contribution in [-0.4, -0.2) is 36.9 Å². The molecule has 5 N–H and O–H groups in total. The molecule has 35 heavy (non-hydrogen) atoms. The number of nitrogens with one attached hydrogen (secondary N) is 3. The van der Waals surface area contributed by atoms with E-state index in [1.54, 1.807) is 13.2 Å². The number of anilines is 2. The normalized spacial score (nSPS) is 10.7. The van der Waals surface area contributed by atoms with E-state index >= 15 is 0 Å². The minimum Gasteiger partial charge on any atom is -0.355 e. The van der Waals surface area contributed by atoms with E-state index in [0.29, 0.717) is 29.9 Å². The number of benzene rings is 3. The van der Waals surface area contributed by atoms with Crippen molar-refractivity contribution < 1.29 is 9.59 Å². The van der Waals surface area contributed by atoms with Crippen LogP contribution in [0.25, 0.3) is 22.0 Å². The minimum absolute atomic E-state index is 0.0964. The fourth-order valence-electron chi connectivity index (χ4n) is 3.87. The second-order valence-corrected chi connectivity index (χ2v) is 8.18. The van der Waals surface area contributed by atoms with Crippen LogP contribution in [0.3, 0.4) is 0 Å². The predicted molar refractivity (Wildman–Crippen MR) is 141 cm³/mol. The summed E-state index contributed by atoms with van der Waals surface area (Å²) >= 11 is 0. The molecule has 0 aliphatic carbocycles. The summed E-state index contributed by atoms with van der Waals surface area (Å²) in [4.78, 5) is 29.5. The van der Waals surface area contributed by atoms with E-state index in [9.17, 15) is 9.59 Å². The Labute approximate surface area is 204 Å². The van der Waals surface area contributed by atoms with E-state index in [4.69, 9.17) is 5.73 Å². The molecule has 4 rings (SSSR count). The first-order valence-electron chi connectivity index (χ1n) is 11.7. The van der Waals surface area contributed by atoms with Crippen molar-refractivity contribution in [2.24, 2.45) is 5.73 Å². The first-order chi connectivity index (χ1) is 17.1. The van der Waals surface area contributed by atoms with Gasteiger partial charge in [-0.05, 0) is 66.9 Å². The molecule has 2 amide bonds. The smallest absolute Gasteiger partial charge is 0.254 e. The van der Waals surface area contributed by atoms with Crippen molar-refractivity contribution in [3.63, 3.8) is 0 Å². The molecule has 178 valence electrons. The number of nitrogens with zero attached hydrogens (tertiary/aromatic N) is 1. The van der Waals surface area contributed by atoms with E-state index < -0.39 is 0 Å². The summed E-state index contributed by atoms with van der Waals surface area (Å²) in [5, 5.41) is 9.84. The fourth-order valence-corrected chi connectivity index (χ4v) is 3.87. The largest absolute Gasteiger partial charge is 0.355 e. The third-order valence-electron chi connectivity index (χ3n) is 5.78. The predicted octanol–water partition coefficient (Wildman–Crippen LogP) is 4.47. The Morgan fingerprint density at radius 2 is 1.63 bits per heavy atom. The Balaban J connectivity index is 1.67. The lowest BCUT2D eigenvalue weighted by Crippen LogP contribution is -2.24. The highest BCUT2D eigenvalue weighted by molar-refractivity contribution is 6.08. The molecular weight excluding hydrogens is 438 g/mol. The standard InChI is InChI=1S/C28H29N5O2/c1-30-28(35)24-18-32-25-14-13-21(17-23(25)26(24)33-22-7-3-2-4-8-22)19-9-11-20(12-10-19)27(34)31-16-6-5-15-29/h2-4,7-14,17-18H,5-6,15-16,29H2,1H3,(H,30,35)(H,31,34)(H,32,33). The molecule has 0 aliphatic rings. The number of nitrogens with two attached hydrogens (primary N) is 1. The van der Waals surface area contributed by atoms with Gasteiger partial charge in [0.2, 0.25) is 0 Å². The Morgan fingerprint density at radius 3 is 2.34 bits per heavy atom. The Morgan fingerprint density at radius 1 is 0.886 bits per heavy atom. The third-order valence-corrected chi connectivity index (χ3v) is 5.78. The van der Waals surface area contributed by atoms with Gasteiger partial charge in [-0.3, -0.25) is 14.6 Å². The number of hydrogen-bond donors (Lipinski definition) is 4.